The predicted molar refractivity (Wildman–Crippen MR) is 86.6 cm³/mol. The van der Waals surface area contributed by atoms with E-state index in [2.05, 4.69) is 15.4 Å². The summed E-state index contributed by atoms with van der Waals surface area (Å²) in [7, 11) is 1.29. The van der Waals surface area contributed by atoms with Crippen molar-refractivity contribution in [3.05, 3.63) is 40.1 Å². The highest BCUT2D eigenvalue weighted by Crippen LogP contribution is 2.29. The zero-order valence-electron chi connectivity index (χ0n) is 13.6. The maximum atomic E-state index is 12.1. The first-order valence-corrected chi connectivity index (χ1v) is 7.06. The number of hydrogen-bond acceptors (Lipinski definition) is 8. The smallest absolute Gasteiger partial charge is 0.325 e. The minimum atomic E-state index is -0.772. The fourth-order valence-electron chi connectivity index (χ4n) is 1.68. The molecule has 1 amide bonds. The van der Waals surface area contributed by atoms with Crippen LogP contribution in [0.1, 0.15) is 6.92 Å². The molecule has 0 saturated heterocycles. The number of esters is 1. The zero-order chi connectivity index (χ0) is 18.8. The molecule has 0 aliphatic heterocycles. The number of non-ortho nitro benzene ring substituents is 1. The summed E-state index contributed by atoms with van der Waals surface area (Å²) >= 11 is 0. The average molecular weight is 348 g/mol. The SMILES string of the molecule is CCOC(=O)CN/C=C(/C#N)C(=O)Nc1ccc([N+](=O)[O-])cc1OC. The Labute approximate surface area is 143 Å². The van der Waals surface area contributed by atoms with Gasteiger partial charge in [-0.25, -0.2) is 0 Å². The molecular weight excluding hydrogens is 332 g/mol. The Kier molecular flexibility index (Phi) is 7.39. The van der Waals surface area contributed by atoms with Gasteiger partial charge in [-0.1, -0.05) is 0 Å². The topological polar surface area (TPSA) is 144 Å². The van der Waals surface area contributed by atoms with E-state index in [1.165, 1.54) is 19.2 Å². The molecule has 1 rings (SSSR count). The molecule has 132 valence electrons. The molecule has 1 aromatic carbocycles. The molecule has 0 aliphatic rings. The molecule has 10 heteroatoms. The van der Waals surface area contributed by atoms with E-state index < -0.39 is 16.8 Å². The maximum Gasteiger partial charge on any atom is 0.325 e. The van der Waals surface area contributed by atoms with Crippen LogP contribution in [0, 0.1) is 21.4 Å². The van der Waals surface area contributed by atoms with E-state index in [-0.39, 0.29) is 35.8 Å². The molecule has 25 heavy (non-hydrogen) atoms. The standard InChI is InChI=1S/C15H16N4O6/c1-3-25-14(20)9-17-8-10(7-16)15(21)18-12-5-4-11(19(22)23)6-13(12)24-2/h4-6,8,17H,3,9H2,1-2H3,(H,18,21)/b10-8-. The Morgan fingerprint density at radius 2 is 2.16 bits per heavy atom. The fourth-order valence-corrected chi connectivity index (χ4v) is 1.68. The van der Waals surface area contributed by atoms with Gasteiger partial charge in [0, 0.05) is 12.3 Å². The summed E-state index contributed by atoms with van der Waals surface area (Å²) in [5, 5.41) is 24.7. The quantitative estimate of drug-likeness (QED) is 0.234. The molecule has 0 radical (unpaired) electrons. The van der Waals surface area contributed by atoms with Gasteiger partial charge < -0.3 is 20.1 Å². The molecule has 10 nitrogen and oxygen atoms in total. The summed E-state index contributed by atoms with van der Waals surface area (Å²) in [4.78, 5) is 33.4. The summed E-state index contributed by atoms with van der Waals surface area (Å²) in [5.41, 5.74) is -0.351. The number of nitriles is 1. The summed E-state index contributed by atoms with van der Waals surface area (Å²) in [6.45, 7) is 1.67. The maximum absolute atomic E-state index is 12.1. The van der Waals surface area contributed by atoms with E-state index in [0.29, 0.717) is 0 Å². The van der Waals surface area contributed by atoms with Crippen molar-refractivity contribution in [3.63, 3.8) is 0 Å². The molecule has 0 bridgehead atoms. The van der Waals surface area contributed by atoms with Crippen molar-refractivity contribution in [2.75, 3.05) is 25.6 Å². The van der Waals surface area contributed by atoms with Crippen LogP contribution in [0.25, 0.3) is 0 Å². The second-order valence-corrected chi connectivity index (χ2v) is 4.45. The van der Waals surface area contributed by atoms with Gasteiger partial charge in [-0.15, -0.1) is 0 Å². The van der Waals surface area contributed by atoms with Gasteiger partial charge in [0.2, 0.25) is 0 Å². The number of methoxy groups -OCH3 is 1. The number of benzene rings is 1. The monoisotopic (exact) mass is 348 g/mol. The number of nitrogens with zero attached hydrogens (tertiary/aromatic N) is 2. The highest BCUT2D eigenvalue weighted by Gasteiger charge is 2.15. The lowest BCUT2D eigenvalue weighted by molar-refractivity contribution is -0.384. The van der Waals surface area contributed by atoms with Crippen LogP contribution in [0.5, 0.6) is 5.75 Å². The van der Waals surface area contributed by atoms with Crippen LogP contribution in [0.2, 0.25) is 0 Å². The van der Waals surface area contributed by atoms with E-state index in [1.807, 2.05) is 0 Å². The Balaban J connectivity index is 2.83. The van der Waals surface area contributed by atoms with Crippen molar-refractivity contribution in [1.29, 1.82) is 5.26 Å². The van der Waals surface area contributed by atoms with Crippen molar-refractivity contribution in [2.24, 2.45) is 0 Å². The van der Waals surface area contributed by atoms with E-state index in [9.17, 15) is 19.7 Å². The fraction of sp³-hybridized carbons (Fsp3) is 0.267. The average Bonchev–Trinajstić information content (AvgIpc) is 2.58. The number of carbonyl (C=O) groups excluding carboxylic acids is 2. The van der Waals surface area contributed by atoms with Crippen molar-refractivity contribution in [1.82, 2.24) is 5.32 Å². The summed E-state index contributed by atoms with van der Waals surface area (Å²) in [5.74, 6) is -1.24. The van der Waals surface area contributed by atoms with Gasteiger partial charge in [-0.2, -0.15) is 5.26 Å². The van der Waals surface area contributed by atoms with Gasteiger partial charge in [0.15, 0.2) is 0 Å². The van der Waals surface area contributed by atoms with Crippen LogP contribution in [0.3, 0.4) is 0 Å². The summed E-state index contributed by atoms with van der Waals surface area (Å²) in [6, 6.07) is 5.30. The minimum Gasteiger partial charge on any atom is -0.494 e. The normalized spacial score (nSPS) is 10.4. The van der Waals surface area contributed by atoms with Crippen LogP contribution >= 0.6 is 0 Å². The Bertz CT molecular complexity index is 738. The Hall–Kier alpha value is -3.61. The van der Waals surface area contributed by atoms with Crippen molar-refractivity contribution < 1.29 is 24.0 Å². The first-order valence-electron chi connectivity index (χ1n) is 7.06. The number of anilines is 1. The molecule has 0 aliphatic carbocycles. The highest BCUT2D eigenvalue weighted by atomic mass is 16.6. The van der Waals surface area contributed by atoms with Gasteiger partial charge in [0.05, 0.1) is 30.4 Å². The molecule has 2 N–H and O–H groups in total. The third kappa shape index (κ3) is 5.83. The van der Waals surface area contributed by atoms with Gasteiger partial charge >= 0.3 is 5.97 Å². The van der Waals surface area contributed by atoms with Crippen molar-refractivity contribution in [2.45, 2.75) is 6.92 Å². The largest absolute Gasteiger partial charge is 0.494 e. The molecular formula is C15H16N4O6. The van der Waals surface area contributed by atoms with Crippen LogP contribution in [0.4, 0.5) is 11.4 Å². The van der Waals surface area contributed by atoms with Crippen LogP contribution < -0.4 is 15.4 Å². The number of carbonyl (C=O) groups is 2. The Morgan fingerprint density at radius 3 is 2.72 bits per heavy atom. The number of nitrogens with one attached hydrogen (secondary N) is 2. The number of hydrogen-bond donors (Lipinski definition) is 2. The zero-order valence-corrected chi connectivity index (χ0v) is 13.6. The third-order valence-corrected chi connectivity index (χ3v) is 2.81. The number of amides is 1. The molecule has 0 heterocycles. The lowest BCUT2D eigenvalue weighted by atomic mass is 10.2. The number of rotatable bonds is 8. The van der Waals surface area contributed by atoms with Crippen LogP contribution in [-0.2, 0) is 14.3 Å². The molecule has 0 spiro atoms. The van der Waals surface area contributed by atoms with E-state index in [4.69, 9.17) is 10.00 Å². The second kappa shape index (κ2) is 9.51. The van der Waals surface area contributed by atoms with Gasteiger partial charge in [0.1, 0.15) is 23.9 Å². The van der Waals surface area contributed by atoms with E-state index in [0.717, 1.165) is 12.3 Å². The van der Waals surface area contributed by atoms with Gasteiger partial charge in [-0.05, 0) is 13.0 Å². The Morgan fingerprint density at radius 1 is 1.44 bits per heavy atom. The number of nitro benzene ring substituents is 1. The first-order chi connectivity index (χ1) is 11.9. The minimum absolute atomic E-state index is 0.0688. The highest BCUT2D eigenvalue weighted by molar-refractivity contribution is 6.07. The lowest BCUT2D eigenvalue weighted by Crippen LogP contribution is -2.22. The third-order valence-electron chi connectivity index (χ3n) is 2.81. The van der Waals surface area contributed by atoms with Crippen LogP contribution in [0.15, 0.2) is 30.0 Å². The van der Waals surface area contributed by atoms with Gasteiger partial charge in [0.25, 0.3) is 11.6 Å². The molecule has 0 saturated carbocycles. The number of ether oxygens (including phenoxy) is 2. The predicted octanol–water partition coefficient (Wildman–Crippen LogP) is 1.10. The summed E-state index contributed by atoms with van der Waals surface area (Å²) in [6.07, 6.45) is 1.07. The van der Waals surface area contributed by atoms with Crippen molar-refractivity contribution in [3.8, 4) is 11.8 Å². The molecule has 0 aromatic heterocycles. The second-order valence-electron chi connectivity index (χ2n) is 4.45. The number of nitro groups is 1. The molecule has 1 aromatic rings. The van der Waals surface area contributed by atoms with E-state index >= 15 is 0 Å². The van der Waals surface area contributed by atoms with E-state index in [1.54, 1.807) is 13.0 Å². The summed E-state index contributed by atoms with van der Waals surface area (Å²) < 4.78 is 9.68. The van der Waals surface area contributed by atoms with Crippen molar-refractivity contribution >= 4 is 23.3 Å². The van der Waals surface area contributed by atoms with Crippen LogP contribution in [-0.4, -0.2) is 37.1 Å². The first kappa shape index (κ1) is 19.4. The molecule has 0 fully saturated rings. The van der Waals surface area contributed by atoms with Gasteiger partial charge in [-0.3, -0.25) is 19.7 Å². The lowest BCUT2D eigenvalue weighted by Gasteiger charge is -2.09. The molecule has 0 atom stereocenters. The molecule has 0 unspecified atom stereocenters.